The van der Waals surface area contributed by atoms with E-state index in [1.165, 1.54) is 0 Å². The van der Waals surface area contributed by atoms with Gasteiger partial charge >= 0.3 is 6.09 Å². The van der Waals surface area contributed by atoms with E-state index in [0.29, 0.717) is 6.04 Å². The van der Waals surface area contributed by atoms with Gasteiger partial charge in [0.2, 0.25) is 0 Å². The van der Waals surface area contributed by atoms with Crippen molar-refractivity contribution in [3.8, 4) is 0 Å². The summed E-state index contributed by atoms with van der Waals surface area (Å²) in [6, 6.07) is 0.342. The molecule has 1 saturated heterocycles. The van der Waals surface area contributed by atoms with Gasteiger partial charge in [-0.05, 0) is 33.6 Å². The maximum absolute atomic E-state index is 12.1. The SMILES string of the molecule is CC(C)(C)OC(=O)N1CCCC(NCCn2ccnc2)C1. The van der Waals surface area contributed by atoms with Crippen LogP contribution in [0.25, 0.3) is 0 Å². The summed E-state index contributed by atoms with van der Waals surface area (Å²) in [7, 11) is 0. The second-order valence-electron chi connectivity index (χ2n) is 6.52. The Balaban J connectivity index is 1.74. The van der Waals surface area contributed by atoms with Crippen LogP contribution in [0.3, 0.4) is 0 Å². The van der Waals surface area contributed by atoms with Crippen LogP contribution in [0.4, 0.5) is 4.79 Å². The van der Waals surface area contributed by atoms with Crippen molar-refractivity contribution in [1.82, 2.24) is 19.8 Å². The van der Waals surface area contributed by atoms with Crippen LogP contribution in [-0.2, 0) is 11.3 Å². The van der Waals surface area contributed by atoms with E-state index in [1.54, 1.807) is 6.20 Å². The van der Waals surface area contributed by atoms with Crippen molar-refractivity contribution in [3.63, 3.8) is 0 Å². The predicted molar refractivity (Wildman–Crippen MR) is 81.1 cm³/mol. The summed E-state index contributed by atoms with van der Waals surface area (Å²) in [4.78, 5) is 17.9. The molecule has 1 unspecified atom stereocenters. The Kier molecular flexibility index (Phi) is 5.22. The lowest BCUT2D eigenvalue weighted by Gasteiger charge is -2.34. The van der Waals surface area contributed by atoms with Crippen molar-refractivity contribution in [3.05, 3.63) is 18.7 Å². The first-order valence-electron chi connectivity index (χ1n) is 7.61. The largest absolute Gasteiger partial charge is 0.444 e. The predicted octanol–water partition coefficient (Wildman–Crippen LogP) is 1.87. The molecule has 1 amide bonds. The lowest BCUT2D eigenvalue weighted by Crippen LogP contribution is -2.49. The van der Waals surface area contributed by atoms with Gasteiger partial charge in [0, 0.05) is 44.6 Å². The van der Waals surface area contributed by atoms with Gasteiger partial charge in [-0.15, -0.1) is 0 Å². The fraction of sp³-hybridized carbons (Fsp3) is 0.733. The lowest BCUT2D eigenvalue weighted by molar-refractivity contribution is 0.0187. The molecule has 0 bridgehead atoms. The number of carbonyl (C=O) groups excluding carboxylic acids is 1. The molecule has 0 radical (unpaired) electrons. The molecule has 1 fully saturated rings. The Morgan fingerprint density at radius 1 is 1.48 bits per heavy atom. The van der Waals surface area contributed by atoms with Crippen LogP contribution >= 0.6 is 0 Å². The Hall–Kier alpha value is -1.56. The molecule has 0 aromatic carbocycles. The summed E-state index contributed by atoms with van der Waals surface area (Å²) in [5.74, 6) is 0. The molecule has 1 aromatic rings. The number of hydrogen-bond acceptors (Lipinski definition) is 4. The van der Waals surface area contributed by atoms with Crippen LogP contribution in [-0.4, -0.2) is 51.8 Å². The summed E-state index contributed by atoms with van der Waals surface area (Å²) in [5, 5.41) is 3.51. The molecule has 6 nitrogen and oxygen atoms in total. The molecular formula is C15H26N4O2. The summed E-state index contributed by atoms with van der Waals surface area (Å²) >= 11 is 0. The third-order valence-electron chi connectivity index (χ3n) is 3.44. The number of hydrogen-bond donors (Lipinski definition) is 1. The average molecular weight is 294 g/mol. The number of aromatic nitrogens is 2. The smallest absolute Gasteiger partial charge is 0.410 e. The molecule has 6 heteroatoms. The van der Waals surface area contributed by atoms with Crippen LogP contribution < -0.4 is 5.32 Å². The van der Waals surface area contributed by atoms with Crippen molar-refractivity contribution in [2.75, 3.05) is 19.6 Å². The van der Waals surface area contributed by atoms with Gasteiger partial charge in [0.05, 0.1) is 6.33 Å². The van der Waals surface area contributed by atoms with Gasteiger partial charge in [0.15, 0.2) is 0 Å². The van der Waals surface area contributed by atoms with E-state index in [2.05, 4.69) is 10.3 Å². The van der Waals surface area contributed by atoms with Gasteiger partial charge in [0.1, 0.15) is 5.60 Å². The zero-order valence-corrected chi connectivity index (χ0v) is 13.2. The number of likely N-dealkylation sites (tertiary alicyclic amines) is 1. The van der Waals surface area contributed by atoms with E-state index in [4.69, 9.17) is 4.74 Å². The minimum Gasteiger partial charge on any atom is -0.444 e. The molecule has 1 aliphatic rings. The normalized spacial score (nSPS) is 19.6. The zero-order valence-electron chi connectivity index (χ0n) is 13.2. The minimum absolute atomic E-state index is 0.205. The molecule has 0 saturated carbocycles. The van der Waals surface area contributed by atoms with E-state index >= 15 is 0 Å². The number of ether oxygens (including phenoxy) is 1. The first kappa shape index (κ1) is 15.8. The van der Waals surface area contributed by atoms with E-state index in [0.717, 1.165) is 39.0 Å². The number of nitrogens with zero attached hydrogens (tertiary/aromatic N) is 3. The van der Waals surface area contributed by atoms with Crippen LogP contribution in [0.5, 0.6) is 0 Å². The number of rotatable bonds is 4. The highest BCUT2D eigenvalue weighted by molar-refractivity contribution is 5.68. The molecule has 1 atom stereocenters. The molecule has 0 spiro atoms. The molecule has 2 rings (SSSR count). The third kappa shape index (κ3) is 5.38. The average Bonchev–Trinajstić information content (AvgIpc) is 2.90. The van der Waals surface area contributed by atoms with E-state index in [-0.39, 0.29) is 6.09 Å². The van der Waals surface area contributed by atoms with E-state index in [9.17, 15) is 4.79 Å². The van der Waals surface area contributed by atoms with Crippen molar-refractivity contribution in [2.45, 2.75) is 51.8 Å². The number of carbonyl (C=O) groups is 1. The van der Waals surface area contributed by atoms with Crippen LogP contribution in [0.15, 0.2) is 18.7 Å². The number of nitrogens with one attached hydrogen (secondary N) is 1. The summed E-state index contributed by atoms with van der Waals surface area (Å²) < 4.78 is 7.48. The fourth-order valence-electron chi connectivity index (χ4n) is 2.45. The van der Waals surface area contributed by atoms with Crippen molar-refractivity contribution < 1.29 is 9.53 Å². The Bertz CT molecular complexity index is 439. The zero-order chi connectivity index (χ0) is 15.3. The number of imidazole rings is 1. The first-order chi connectivity index (χ1) is 9.94. The maximum atomic E-state index is 12.1. The van der Waals surface area contributed by atoms with Gasteiger partial charge in [-0.25, -0.2) is 9.78 Å². The molecule has 1 aromatic heterocycles. The topological polar surface area (TPSA) is 59.4 Å². The highest BCUT2D eigenvalue weighted by Crippen LogP contribution is 2.15. The molecule has 2 heterocycles. The standard InChI is InChI=1S/C15H26N4O2/c1-15(2,3)21-14(20)19-8-4-5-13(11-19)17-7-10-18-9-6-16-12-18/h6,9,12-13,17H,4-5,7-8,10-11H2,1-3H3. The second-order valence-corrected chi connectivity index (χ2v) is 6.52. The number of piperidine rings is 1. The summed E-state index contributed by atoms with van der Waals surface area (Å²) in [5.41, 5.74) is -0.432. The van der Waals surface area contributed by atoms with Gasteiger partial charge in [-0.1, -0.05) is 0 Å². The van der Waals surface area contributed by atoms with Crippen molar-refractivity contribution in [2.24, 2.45) is 0 Å². The van der Waals surface area contributed by atoms with Gasteiger partial charge in [0.25, 0.3) is 0 Å². The molecule has 118 valence electrons. The Morgan fingerprint density at radius 3 is 2.95 bits per heavy atom. The fourth-order valence-corrected chi connectivity index (χ4v) is 2.45. The summed E-state index contributed by atoms with van der Waals surface area (Å²) in [6.07, 6.45) is 7.46. The third-order valence-corrected chi connectivity index (χ3v) is 3.44. The molecule has 1 N–H and O–H groups in total. The molecule has 21 heavy (non-hydrogen) atoms. The van der Waals surface area contributed by atoms with Crippen molar-refractivity contribution >= 4 is 6.09 Å². The van der Waals surface area contributed by atoms with Crippen molar-refractivity contribution in [1.29, 1.82) is 0 Å². The molecule has 1 aliphatic heterocycles. The quantitative estimate of drug-likeness (QED) is 0.921. The molecular weight excluding hydrogens is 268 g/mol. The lowest BCUT2D eigenvalue weighted by atomic mass is 10.1. The summed E-state index contributed by atoms with van der Waals surface area (Å²) in [6.45, 7) is 8.97. The Labute approximate surface area is 126 Å². The van der Waals surface area contributed by atoms with Gasteiger partial charge < -0.3 is 19.5 Å². The highest BCUT2D eigenvalue weighted by Gasteiger charge is 2.27. The maximum Gasteiger partial charge on any atom is 0.410 e. The van der Waals surface area contributed by atoms with Crippen LogP contribution in [0, 0.1) is 0 Å². The monoisotopic (exact) mass is 294 g/mol. The minimum atomic E-state index is -0.432. The van der Waals surface area contributed by atoms with E-state index in [1.807, 2.05) is 42.8 Å². The van der Waals surface area contributed by atoms with Crippen LogP contribution in [0.2, 0.25) is 0 Å². The van der Waals surface area contributed by atoms with Gasteiger partial charge in [-0.2, -0.15) is 0 Å². The second kappa shape index (κ2) is 6.93. The molecule has 0 aliphatic carbocycles. The van der Waals surface area contributed by atoms with Crippen LogP contribution in [0.1, 0.15) is 33.6 Å². The highest BCUT2D eigenvalue weighted by atomic mass is 16.6. The first-order valence-corrected chi connectivity index (χ1v) is 7.61. The Morgan fingerprint density at radius 2 is 2.29 bits per heavy atom. The number of amides is 1. The van der Waals surface area contributed by atoms with E-state index < -0.39 is 5.60 Å². The van der Waals surface area contributed by atoms with Gasteiger partial charge in [-0.3, -0.25) is 0 Å².